The van der Waals surface area contributed by atoms with Crippen molar-refractivity contribution < 1.29 is 0 Å². The highest BCUT2D eigenvalue weighted by Gasteiger charge is 2.21. The van der Waals surface area contributed by atoms with Crippen LogP contribution in [0.2, 0.25) is 5.15 Å². The van der Waals surface area contributed by atoms with Gasteiger partial charge in [-0.05, 0) is 37.1 Å². The van der Waals surface area contributed by atoms with E-state index in [1.54, 1.807) is 17.0 Å². The molecule has 0 spiro atoms. The highest BCUT2D eigenvalue weighted by molar-refractivity contribution is 6.29. The lowest BCUT2D eigenvalue weighted by molar-refractivity contribution is 0.975. The Kier molecular flexibility index (Phi) is 3.32. The molecule has 0 N–H and O–H groups in total. The monoisotopic (exact) mass is 284 g/mol. The van der Waals surface area contributed by atoms with Crippen molar-refractivity contribution in [1.29, 1.82) is 0 Å². The summed E-state index contributed by atoms with van der Waals surface area (Å²) in [6, 6.07) is 9.74. The normalized spacial score (nSPS) is 14.2. The lowest BCUT2D eigenvalue weighted by atomic mass is 10.1. The van der Waals surface area contributed by atoms with Gasteiger partial charge in [-0.15, -0.1) is 10.2 Å². The van der Waals surface area contributed by atoms with E-state index in [1.807, 2.05) is 17.3 Å². The second kappa shape index (κ2) is 5.13. The summed E-state index contributed by atoms with van der Waals surface area (Å²) in [5.41, 5.74) is 3.53. The average molecular weight is 285 g/mol. The first-order chi connectivity index (χ1) is 9.65. The summed E-state index contributed by atoms with van der Waals surface area (Å²) in [5, 5.41) is 8.25. The molecule has 0 atom stereocenters. The number of rotatable bonds is 2. The van der Waals surface area contributed by atoms with E-state index in [1.165, 1.54) is 11.1 Å². The third-order valence-electron chi connectivity index (χ3n) is 3.13. The van der Waals surface area contributed by atoms with Crippen LogP contribution in [0.4, 0.5) is 11.5 Å². The van der Waals surface area contributed by atoms with Crippen LogP contribution in [-0.2, 0) is 0 Å². The molecule has 0 aliphatic carbocycles. The third kappa shape index (κ3) is 2.34. The van der Waals surface area contributed by atoms with Gasteiger partial charge in [-0.3, -0.25) is 4.90 Å². The fourth-order valence-corrected chi connectivity index (χ4v) is 2.29. The van der Waals surface area contributed by atoms with Crippen molar-refractivity contribution in [1.82, 2.24) is 10.2 Å². The summed E-state index contributed by atoms with van der Waals surface area (Å²) in [6.45, 7) is 7.41. The smallest absolute Gasteiger partial charge is 0.219 e. The minimum atomic E-state index is 0.378. The van der Waals surface area contributed by atoms with Crippen LogP contribution in [0, 0.1) is 20.5 Å². The number of halogens is 1. The van der Waals surface area contributed by atoms with Gasteiger partial charge in [0.25, 0.3) is 0 Å². The summed E-state index contributed by atoms with van der Waals surface area (Å²) in [4.78, 5) is 3.75. The van der Waals surface area contributed by atoms with E-state index in [-0.39, 0.29) is 0 Å². The largest absolute Gasteiger partial charge is 0.315 e. The minimum absolute atomic E-state index is 0.378. The van der Waals surface area contributed by atoms with E-state index >= 15 is 0 Å². The van der Waals surface area contributed by atoms with Gasteiger partial charge in [-0.2, -0.15) is 0 Å². The van der Waals surface area contributed by atoms with Gasteiger partial charge in [0, 0.05) is 18.1 Å². The molecule has 0 amide bonds. The Hall–Kier alpha value is -2.07. The van der Waals surface area contributed by atoms with E-state index in [0.717, 1.165) is 5.69 Å². The third-order valence-corrected chi connectivity index (χ3v) is 3.33. The Morgan fingerprint density at radius 3 is 2.30 bits per heavy atom. The number of nitrogens with zero attached hydrogens (tertiary/aromatic N) is 4. The predicted octanol–water partition coefficient (Wildman–Crippen LogP) is 3.54. The summed E-state index contributed by atoms with van der Waals surface area (Å²) in [5.74, 6) is 0.680. The first-order valence-electron chi connectivity index (χ1n) is 6.24. The van der Waals surface area contributed by atoms with Gasteiger partial charge in [-0.1, -0.05) is 29.8 Å². The fraction of sp³-hybridized carbons (Fsp3) is 0.133. The van der Waals surface area contributed by atoms with Crippen LogP contribution in [0.3, 0.4) is 0 Å². The number of para-hydroxylation sites is 1. The molecule has 1 aromatic carbocycles. The lowest BCUT2D eigenvalue weighted by Gasteiger charge is -2.21. The van der Waals surface area contributed by atoms with Crippen LogP contribution in [0.1, 0.15) is 11.1 Å². The maximum Gasteiger partial charge on any atom is 0.219 e. The van der Waals surface area contributed by atoms with Crippen molar-refractivity contribution in [3.05, 3.63) is 65.7 Å². The topological polar surface area (TPSA) is 32.3 Å². The van der Waals surface area contributed by atoms with E-state index in [0.29, 0.717) is 11.0 Å². The molecule has 0 saturated heterocycles. The Morgan fingerprint density at radius 1 is 0.950 bits per heavy atom. The van der Waals surface area contributed by atoms with Crippen molar-refractivity contribution in [3.63, 3.8) is 0 Å². The number of benzene rings is 1. The second-order valence-corrected chi connectivity index (χ2v) is 4.98. The summed E-state index contributed by atoms with van der Waals surface area (Å²) in [7, 11) is 0. The van der Waals surface area contributed by atoms with Crippen LogP contribution >= 0.6 is 11.6 Å². The molecule has 2 heterocycles. The van der Waals surface area contributed by atoms with Gasteiger partial charge < -0.3 is 4.90 Å². The Labute approximate surface area is 123 Å². The van der Waals surface area contributed by atoms with Crippen molar-refractivity contribution in [2.24, 2.45) is 0 Å². The number of anilines is 2. The molecule has 100 valence electrons. The molecule has 2 radical (unpaired) electrons. The molecule has 20 heavy (non-hydrogen) atoms. The van der Waals surface area contributed by atoms with Gasteiger partial charge in [0.2, 0.25) is 6.67 Å². The molecule has 0 fully saturated rings. The first-order valence-corrected chi connectivity index (χ1v) is 6.61. The number of aromatic nitrogens is 2. The average Bonchev–Trinajstić information content (AvgIpc) is 2.89. The summed E-state index contributed by atoms with van der Waals surface area (Å²) < 4.78 is 0. The molecule has 0 bridgehead atoms. The fourth-order valence-electron chi connectivity index (χ4n) is 2.19. The molecule has 5 heteroatoms. The van der Waals surface area contributed by atoms with E-state index < -0.39 is 0 Å². The molecule has 0 saturated carbocycles. The molecule has 0 unspecified atom stereocenters. The van der Waals surface area contributed by atoms with Gasteiger partial charge >= 0.3 is 0 Å². The minimum Gasteiger partial charge on any atom is -0.315 e. The molecular weight excluding hydrogens is 272 g/mol. The van der Waals surface area contributed by atoms with Crippen molar-refractivity contribution in [2.45, 2.75) is 13.8 Å². The Balaban J connectivity index is 1.84. The van der Waals surface area contributed by atoms with Crippen molar-refractivity contribution in [2.75, 3.05) is 9.80 Å². The number of aryl methyl sites for hydroxylation is 2. The van der Waals surface area contributed by atoms with Crippen LogP contribution in [-0.4, -0.2) is 10.2 Å². The molecule has 4 nitrogen and oxygen atoms in total. The zero-order valence-electron chi connectivity index (χ0n) is 11.2. The number of hydrogen-bond acceptors (Lipinski definition) is 4. The van der Waals surface area contributed by atoms with Crippen molar-refractivity contribution >= 4 is 23.1 Å². The summed E-state index contributed by atoms with van der Waals surface area (Å²) >= 11 is 5.74. The SMILES string of the molecule is Cc1cccc(C)c1N1[C]N(c2ccc(Cl)nn2)C=C1. The molecule has 1 aliphatic heterocycles. The quantitative estimate of drug-likeness (QED) is 0.844. The van der Waals surface area contributed by atoms with Gasteiger partial charge in [-0.25, -0.2) is 0 Å². The molecule has 2 aromatic rings. The van der Waals surface area contributed by atoms with Gasteiger partial charge in [0.05, 0.1) is 0 Å². The molecular formula is C15H13ClN4. The van der Waals surface area contributed by atoms with Gasteiger partial charge in [0.1, 0.15) is 0 Å². The maximum absolute atomic E-state index is 5.74. The zero-order chi connectivity index (χ0) is 14.1. The van der Waals surface area contributed by atoms with E-state index in [2.05, 4.69) is 48.9 Å². The Morgan fingerprint density at radius 2 is 1.65 bits per heavy atom. The highest BCUT2D eigenvalue weighted by atomic mass is 35.5. The highest BCUT2D eigenvalue weighted by Crippen LogP contribution is 2.30. The molecule has 3 rings (SSSR count). The molecule has 1 aromatic heterocycles. The number of hydrogen-bond donors (Lipinski definition) is 0. The first kappa shape index (κ1) is 12.9. The maximum atomic E-state index is 5.74. The van der Waals surface area contributed by atoms with Crippen LogP contribution in [0.25, 0.3) is 0 Å². The summed E-state index contributed by atoms with van der Waals surface area (Å²) in [6.07, 6.45) is 3.84. The lowest BCUT2D eigenvalue weighted by Crippen LogP contribution is -2.20. The van der Waals surface area contributed by atoms with E-state index in [9.17, 15) is 0 Å². The zero-order valence-corrected chi connectivity index (χ0v) is 12.0. The van der Waals surface area contributed by atoms with Gasteiger partial charge in [0.15, 0.2) is 11.0 Å². The standard InChI is InChI=1S/C15H13ClN4/c1-11-4-3-5-12(2)15(11)20-9-8-19(10-20)14-7-6-13(16)17-18-14/h3-9H,1-2H3. The van der Waals surface area contributed by atoms with Crippen LogP contribution < -0.4 is 9.80 Å². The van der Waals surface area contributed by atoms with Crippen LogP contribution in [0.5, 0.6) is 0 Å². The van der Waals surface area contributed by atoms with Crippen LogP contribution in [0.15, 0.2) is 42.7 Å². The Bertz CT molecular complexity index is 631. The second-order valence-electron chi connectivity index (χ2n) is 4.59. The van der Waals surface area contributed by atoms with E-state index in [4.69, 9.17) is 11.6 Å². The van der Waals surface area contributed by atoms with Crippen molar-refractivity contribution in [3.8, 4) is 0 Å². The molecule has 1 aliphatic rings. The predicted molar refractivity (Wildman–Crippen MR) is 80.3 cm³/mol.